The minimum absolute atomic E-state index is 0.769. The van der Waals surface area contributed by atoms with Crippen molar-refractivity contribution in [1.82, 2.24) is 14.6 Å². The maximum atomic E-state index is 5.57. The molecule has 0 atom stereocenters. The summed E-state index contributed by atoms with van der Waals surface area (Å²) in [6.07, 6.45) is 4.59. The van der Waals surface area contributed by atoms with Gasteiger partial charge in [-0.1, -0.05) is 0 Å². The first-order chi connectivity index (χ1) is 13.3. The average molecular weight is 364 g/mol. The van der Waals surface area contributed by atoms with Crippen molar-refractivity contribution < 1.29 is 9.47 Å². The highest BCUT2D eigenvalue weighted by Gasteiger charge is 2.25. The molecule has 2 aromatic heterocycles. The van der Waals surface area contributed by atoms with Crippen molar-refractivity contribution in [3.63, 3.8) is 0 Å². The van der Waals surface area contributed by atoms with E-state index in [0.29, 0.717) is 0 Å². The summed E-state index contributed by atoms with van der Waals surface area (Å²) in [5.74, 6) is 2.07. The Balaban J connectivity index is 1.66. The second-order valence-corrected chi connectivity index (χ2v) is 7.20. The fourth-order valence-corrected chi connectivity index (χ4v) is 4.13. The Hall–Kier alpha value is -2.60. The summed E-state index contributed by atoms with van der Waals surface area (Å²) >= 11 is 0. The van der Waals surface area contributed by atoms with Gasteiger partial charge < -0.3 is 14.4 Å². The molecule has 1 aliphatic carbocycles. The quantitative estimate of drug-likeness (QED) is 0.715. The van der Waals surface area contributed by atoms with Crippen molar-refractivity contribution in [1.29, 1.82) is 0 Å². The van der Waals surface area contributed by atoms with Crippen LogP contribution in [0.4, 0.5) is 5.82 Å². The summed E-state index contributed by atoms with van der Waals surface area (Å²) in [4.78, 5) is 7.39. The molecule has 140 valence electrons. The van der Waals surface area contributed by atoms with E-state index >= 15 is 0 Å². The molecule has 0 saturated carbocycles. The third-order valence-electron chi connectivity index (χ3n) is 5.55. The van der Waals surface area contributed by atoms with E-state index in [1.807, 2.05) is 12.1 Å². The standard InChI is InChI=1S/C21H24N4O2/c1-26-16-8-6-15(7-9-16)19-14-20-22-18-5-3-2-4-17(18)21(25(20)23-19)24-10-12-27-13-11-24/h6-9,14H,2-5,10-13H2,1H3. The molecule has 1 aromatic carbocycles. The van der Waals surface area contributed by atoms with E-state index in [1.54, 1.807) is 7.11 Å². The molecular formula is C21H24N4O2. The summed E-state index contributed by atoms with van der Waals surface area (Å²) < 4.78 is 12.9. The first kappa shape index (κ1) is 16.6. The van der Waals surface area contributed by atoms with E-state index in [4.69, 9.17) is 19.6 Å². The number of hydrogen-bond acceptors (Lipinski definition) is 5. The van der Waals surface area contributed by atoms with Crippen LogP contribution in [-0.4, -0.2) is 48.0 Å². The number of fused-ring (bicyclic) bond motifs is 2. The Morgan fingerprint density at radius 1 is 1.04 bits per heavy atom. The van der Waals surface area contributed by atoms with Gasteiger partial charge in [-0.05, 0) is 49.9 Å². The van der Waals surface area contributed by atoms with Crippen LogP contribution >= 0.6 is 0 Å². The molecule has 1 saturated heterocycles. The normalized spacial score (nSPS) is 17.1. The first-order valence-electron chi connectivity index (χ1n) is 9.72. The summed E-state index contributed by atoms with van der Waals surface area (Å²) in [6, 6.07) is 10.1. The molecule has 0 bridgehead atoms. The van der Waals surface area contributed by atoms with Crippen molar-refractivity contribution in [2.24, 2.45) is 0 Å². The van der Waals surface area contributed by atoms with Gasteiger partial charge in [-0.15, -0.1) is 0 Å². The van der Waals surface area contributed by atoms with Crippen molar-refractivity contribution in [2.75, 3.05) is 38.3 Å². The van der Waals surface area contributed by atoms with E-state index in [2.05, 4.69) is 27.6 Å². The van der Waals surface area contributed by atoms with Crippen LogP contribution in [0.15, 0.2) is 30.3 Å². The summed E-state index contributed by atoms with van der Waals surface area (Å²) in [6.45, 7) is 3.35. The monoisotopic (exact) mass is 364 g/mol. The first-order valence-corrected chi connectivity index (χ1v) is 9.72. The van der Waals surface area contributed by atoms with Crippen LogP contribution in [0.25, 0.3) is 16.9 Å². The molecule has 0 unspecified atom stereocenters. The van der Waals surface area contributed by atoms with E-state index in [1.165, 1.54) is 29.9 Å². The lowest BCUT2D eigenvalue weighted by Gasteiger charge is -2.32. The molecule has 0 radical (unpaired) electrons. The number of rotatable bonds is 3. The molecule has 3 heterocycles. The largest absolute Gasteiger partial charge is 0.497 e. The zero-order chi connectivity index (χ0) is 18.2. The second-order valence-electron chi connectivity index (χ2n) is 7.20. The molecule has 1 fully saturated rings. The summed E-state index contributed by atoms with van der Waals surface area (Å²) in [7, 11) is 1.68. The molecular weight excluding hydrogens is 340 g/mol. The van der Waals surface area contributed by atoms with Gasteiger partial charge in [0.25, 0.3) is 0 Å². The average Bonchev–Trinajstić information content (AvgIpc) is 3.16. The van der Waals surface area contributed by atoms with Crippen LogP contribution in [-0.2, 0) is 17.6 Å². The van der Waals surface area contributed by atoms with Crippen LogP contribution in [0.2, 0.25) is 0 Å². The fraction of sp³-hybridized carbons (Fsp3) is 0.429. The molecule has 27 heavy (non-hydrogen) atoms. The summed E-state index contributed by atoms with van der Waals surface area (Å²) in [5.41, 5.74) is 5.58. The molecule has 6 nitrogen and oxygen atoms in total. The Morgan fingerprint density at radius 3 is 2.59 bits per heavy atom. The predicted molar refractivity (Wildman–Crippen MR) is 105 cm³/mol. The number of aromatic nitrogens is 3. The number of benzene rings is 1. The Morgan fingerprint density at radius 2 is 1.81 bits per heavy atom. The molecule has 2 aliphatic rings. The van der Waals surface area contributed by atoms with Crippen LogP contribution in [0, 0.1) is 0 Å². The van der Waals surface area contributed by atoms with Gasteiger partial charge in [0.2, 0.25) is 0 Å². The van der Waals surface area contributed by atoms with E-state index in [-0.39, 0.29) is 0 Å². The van der Waals surface area contributed by atoms with Gasteiger partial charge in [-0.2, -0.15) is 9.61 Å². The highest BCUT2D eigenvalue weighted by molar-refractivity contribution is 5.68. The van der Waals surface area contributed by atoms with Gasteiger partial charge in [0.15, 0.2) is 5.65 Å². The third kappa shape index (κ3) is 2.94. The number of hydrogen-bond donors (Lipinski definition) is 0. The lowest BCUT2D eigenvalue weighted by atomic mass is 9.96. The van der Waals surface area contributed by atoms with Crippen LogP contribution in [0.5, 0.6) is 5.75 Å². The number of methoxy groups -OCH3 is 1. The van der Waals surface area contributed by atoms with Gasteiger partial charge >= 0.3 is 0 Å². The van der Waals surface area contributed by atoms with Gasteiger partial charge in [0, 0.05) is 36.0 Å². The lowest BCUT2D eigenvalue weighted by molar-refractivity contribution is 0.122. The summed E-state index contributed by atoms with van der Waals surface area (Å²) in [5, 5.41) is 4.95. The predicted octanol–water partition coefficient (Wildman–Crippen LogP) is 3.12. The number of ether oxygens (including phenoxy) is 2. The third-order valence-corrected chi connectivity index (χ3v) is 5.55. The topological polar surface area (TPSA) is 51.9 Å². The fourth-order valence-electron chi connectivity index (χ4n) is 4.13. The van der Waals surface area contributed by atoms with Gasteiger partial charge in [0.05, 0.1) is 26.0 Å². The molecule has 1 aliphatic heterocycles. The van der Waals surface area contributed by atoms with Crippen molar-refractivity contribution in [2.45, 2.75) is 25.7 Å². The number of aryl methyl sites for hydroxylation is 1. The number of morpholine rings is 1. The Kier molecular flexibility index (Phi) is 4.20. The molecule has 6 heteroatoms. The van der Waals surface area contributed by atoms with Crippen LogP contribution in [0.1, 0.15) is 24.1 Å². The number of nitrogens with zero attached hydrogens (tertiary/aromatic N) is 4. The molecule has 3 aromatic rings. The van der Waals surface area contributed by atoms with E-state index in [0.717, 1.165) is 61.8 Å². The molecule has 0 amide bonds. The highest BCUT2D eigenvalue weighted by atomic mass is 16.5. The number of anilines is 1. The van der Waals surface area contributed by atoms with Gasteiger partial charge in [-0.25, -0.2) is 4.98 Å². The van der Waals surface area contributed by atoms with Crippen molar-refractivity contribution in [3.8, 4) is 17.0 Å². The smallest absolute Gasteiger partial charge is 0.158 e. The minimum atomic E-state index is 0.769. The van der Waals surface area contributed by atoms with Gasteiger partial charge in [-0.3, -0.25) is 0 Å². The van der Waals surface area contributed by atoms with Crippen LogP contribution in [0.3, 0.4) is 0 Å². The van der Waals surface area contributed by atoms with E-state index < -0.39 is 0 Å². The van der Waals surface area contributed by atoms with Crippen molar-refractivity contribution >= 4 is 11.5 Å². The minimum Gasteiger partial charge on any atom is -0.497 e. The second kappa shape index (κ2) is 6.85. The maximum Gasteiger partial charge on any atom is 0.158 e. The van der Waals surface area contributed by atoms with Gasteiger partial charge in [0.1, 0.15) is 11.6 Å². The lowest BCUT2D eigenvalue weighted by Crippen LogP contribution is -2.38. The Bertz CT molecular complexity index is 958. The molecule has 0 N–H and O–H groups in total. The Labute approximate surface area is 158 Å². The zero-order valence-corrected chi connectivity index (χ0v) is 15.6. The molecule has 0 spiro atoms. The van der Waals surface area contributed by atoms with E-state index in [9.17, 15) is 0 Å². The highest BCUT2D eigenvalue weighted by Crippen LogP contribution is 2.32. The maximum absolute atomic E-state index is 5.57. The SMILES string of the molecule is COc1ccc(-c2cc3nc4c(c(N5CCOCC5)n3n2)CCCC4)cc1. The molecule has 5 rings (SSSR count). The zero-order valence-electron chi connectivity index (χ0n) is 15.6. The van der Waals surface area contributed by atoms with Crippen LogP contribution < -0.4 is 9.64 Å². The van der Waals surface area contributed by atoms with Crippen molar-refractivity contribution in [3.05, 3.63) is 41.6 Å².